The molecule has 1 N–H and O–H groups in total. The summed E-state index contributed by atoms with van der Waals surface area (Å²) in [5.74, 6) is 0.0321. The number of rotatable bonds is 9. The lowest BCUT2D eigenvalue weighted by Gasteiger charge is -2.24. The van der Waals surface area contributed by atoms with Gasteiger partial charge in [0.25, 0.3) is 0 Å². The van der Waals surface area contributed by atoms with Crippen molar-refractivity contribution in [2.75, 3.05) is 20.2 Å². The number of hydrogen-bond donors (Lipinski definition) is 1. The molecule has 0 atom stereocenters. The Labute approximate surface area is 227 Å². The molecule has 0 bridgehead atoms. The quantitative estimate of drug-likeness (QED) is 0.333. The van der Waals surface area contributed by atoms with Crippen LogP contribution in [-0.2, 0) is 31.2 Å². The number of fused-ring (bicyclic) bond motifs is 1. The molecule has 0 saturated carbocycles. The smallest absolute Gasteiger partial charge is 0.410 e. The largest absolute Gasteiger partial charge is 0.492 e. The first kappa shape index (κ1) is 28.1. The topological polar surface area (TPSA) is 94.1 Å². The van der Waals surface area contributed by atoms with Crippen LogP contribution in [0.2, 0.25) is 0 Å². The maximum Gasteiger partial charge on any atom is 0.410 e. The van der Waals surface area contributed by atoms with Crippen LogP contribution in [0.25, 0.3) is 16.8 Å². The fraction of sp³-hybridized carbons (Fsp3) is 0.414. The highest BCUT2D eigenvalue weighted by Gasteiger charge is 2.20. The van der Waals surface area contributed by atoms with Crippen molar-refractivity contribution in [2.24, 2.45) is 7.05 Å². The molecule has 1 amide bonds. The molecule has 4 rings (SSSR count). The van der Waals surface area contributed by atoms with Gasteiger partial charge in [-0.05, 0) is 52.0 Å². The fourth-order valence-electron chi connectivity index (χ4n) is 4.38. The molecule has 9 nitrogen and oxygen atoms in total. The van der Waals surface area contributed by atoms with Gasteiger partial charge in [0.05, 0.1) is 18.9 Å². The van der Waals surface area contributed by atoms with Crippen molar-refractivity contribution in [3.05, 3.63) is 71.2 Å². The summed E-state index contributed by atoms with van der Waals surface area (Å²) >= 11 is 0. The summed E-state index contributed by atoms with van der Waals surface area (Å²) in [7, 11) is 3.54. The number of amides is 1. The van der Waals surface area contributed by atoms with Gasteiger partial charge < -0.3 is 23.9 Å². The summed E-state index contributed by atoms with van der Waals surface area (Å²) in [6, 6.07) is 8.32. The average molecular weight is 538 g/mol. The number of halogens is 1. The number of hydrogen-bond acceptors (Lipinski definition) is 6. The highest BCUT2D eigenvalue weighted by atomic mass is 19.1. The van der Waals surface area contributed by atoms with Gasteiger partial charge in [-0.25, -0.2) is 14.2 Å². The molecule has 0 unspecified atom stereocenters. The second kappa shape index (κ2) is 11.4. The van der Waals surface area contributed by atoms with Gasteiger partial charge in [-0.1, -0.05) is 0 Å². The molecule has 0 spiro atoms. The van der Waals surface area contributed by atoms with Crippen molar-refractivity contribution in [2.45, 2.75) is 52.7 Å². The second-order valence-corrected chi connectivity index (χ2v) is 10.6. The molecule has 0 fully saturated rings. The minimum atomic E-state index is -0.559. The highest BCUT2D eigenvalue weighted by molar-refractivity contribution is 5.71. The third-order valence-electron chi connectivity index (χ3n) is 6.55. The summed E-state index contributed by atoms with van der Waals surface area (Å²) in [6.45, 7) is 8.06. The van der Waals surface area contributed by atoms with Crippen molar-refractivity contribution < 1.29 is 23.8 Å². The van der Waals surface area contributed by atoms with Crippen LogP contribution in [-0.4, -0.2) is 61.1 Å². The molecule has 4 aromatic rings. The zero-order valence-corrected chi connectivity index (χ0v) is 23.4. The number of ether oxygens (including phenoxy) is 2. The Hall–Kier alpha value is -3.92. The molecule has 1 aromatic carbocycles. The van der Waals surface area contributed by atoms with E-state index in [2.05, 4.69) is 10.1 Å². The van der Waals surface area contributed by atoms with Crippen LogP contribution in [0.4, 0.5) is 9.18 Å². The summed E-state index contributed by atoms with van der Waals surface area (Å²) in [5, 5.41) is 14.0. The monoisotopic (exact) mass is 537 g/mol. The van der Waals surface area contributed by atoms with Crippen LogP contribution in [0.15, 0.2) is 42.7 Å². The number of nitrogens with zero attached hydrogens (tertiary/aromatic N) is 5. The van der Waals surface area contributed by atoms with Gasteiger partial charge in [-0.3, -0.25) is 4.68 Å². The van der Waals surface area contributed by atoms with E-state index in [1.165, 1.54) is 12.1 Å². The van der Waals surface area contributed by atoms with Gasteiger partial charge in [0.1, 0.15) is 22.8 Å². The molecule has 208 valence electrons. The Balaban J connectivity index is 1.53. The van der Waals surface area contributed by atoms with E-state index in [4.69, 9.17) is 9.47 Å². The first-order chi connectivity index (χ1) is 18.5. The molecular weight excluding hydrogens is 501 g/mol. The molecule has 0 aliphatic rings. The highest BCUT2D eigenvalue weighted by Crippen LogP contribution is 2.32. The van der Waals surface area contributed by atoms with Gasteiger partial charge in [-0.15, -0.1) is 0 Å². The molecule has 10 heteroatoms. The molecule has 0 aliphatic heterocycles. The van der Waals surface area contributed by atoms with E-state index in [0.717, 1.165) is 33.7 Å². The van der Waals surface area contributed by atoms with Gasteiger partial charge >= 0.3 is 6.09 Å². The molecular formula is C29H36FN5O4. The molecule has 0 aliphatic carbocycles. The van der Waals surface area contributed by atoms with Crippen LogP contribution in [0, 0.1) is 12.7 Å². The van der Waals surface area contributed by atoms with Crippen molar-refractivity contribution in [3.8, 4) is 16.9 Å². The number of pyridine rings is 1. The maximum absolute atomic E-state index is 14.2. The normalized spacial score (nSPS) is 11.7. The average Bonchev–Trinajstić information content (AvgIpc) is 3.41. The first-order valence-electron chi connectivity index (χ1n) is 12.9. The molecule has 39 heavy (non-hydrogen) atoms. The van der Waals surface area contributed by atoms with Gasteiger partial charge in [0.15, 0.2) is 0 Å². The Bertz CT molecular complexity index is 1470. The Morgan fingerprint density at radius 2 is 1.95 bits per heavy atom. The predicted molar refractivity (Wildman–Crippen MR) is 146 cm³/mol. The van der Waals surface area contributed by atoms with E-state index in [-0.39, 0.29) is 12.7 Å². The summed E-state index contributed by atoms with van der Waals surface area (Å²) in [5.41, 5.74) is 5.22. The predicted octanol–water partition coefficient (Wildman–Crippen LogP) is 4.71. The molecule has 0 radical (unpaired) electrons. The van der Waals surface area contributed by atoms with Crippen LogP contribution < -0.4 is 4.74 Å². The number of aliphatic hydroxyl groups is 1. The number of aryl methyl sites for hydroxylation is 1. The minimum Gasteiger partial charge on any atom is -0.492 e. The van der Waals surface area contributed by atoms with Gasteiger partial charge in [0, 0.05) is 80.0 Å². The second-order valence-electron chi connectivity index (χ2n) is 10.6. The van der Waals surface area contributed by atoms with Crippen LogP contribution in [0.3, 0.4) is 0 Å². The first-order valence-corrected chi connectivity index (χ1v) is 12.9. The Kier molecular flexibility index (Phi) is 8.25. The lowest BCUT2D eigenvalue weighted by molar-refractivity contribution is 0.0300. The minimum absolute atomic E-state index is 0.150. The number of aromatic nitrogens is 4. The van der Waals surface area contributed by atoms with Crippen molar-refractivity contribution >= 4 is 11.7 Å². The summed E-state index contributed by atoms with van der Waals surface area (Å²) < 4.78 is 29.4. The molecule has 3 aromatic heterocycles. The Morgan fingerprint density at radius 3 is 2.67 bits per heavy atom. The van der Waals surface area contributed by atoms with Crippen molar-refractivity contribution in [1.82, 2.24) is 24.1 Å². The van der Waals surface area contributed by atoms with Crippen molar-refractivity contribution in [1.29, 1.82) is 0 Å². The third kappa shape index (κ3) is 6.57. The summed E-state index contributed by atoms with van der Waals surface area (Å²) in [6.07, 6.45) is 4.46. The standard InChI is InChI=1S/C29H36FN5O4/c1-19-23(25(18-36)32-34(19)6)12-14-38-26-15-21(30)8-9-24(26)20-7-10-27-31-16-22(35(27)17-20)11-13-33(5)28(37)39-29(2,3)4/h7-10,15-17,36H,11-14,18H2,1-6H3. The van der Waals surface area contributed by atoms with Crippen LogP contribution >= 0.6 is 0 Å². The number of carbonyl (C=O) groups is 1. The third-order valence-corrected chi connectivity index (χ3v) is 6.55. The zero-order valence-electron chi connectivity index (χ0n) is 23.4. The Morgan fingerprint density at radius 1 is 1.18 bits per heavy atom. The van der Waals surface area contributed by atoms with Crippen molar-refractivity contribution in [3.63, 3.8) is 0 Å². The lowest BCUT2D eigenvalue weighted by atomic mass is 10.1. The van der Waals surface area contributed by atoms with E-state index in [9.17, 15) is 14.3 Å². The number of benzene rings is 1. The lowest BCUT2D eigenvalue weighted by Crippen LogP contribution is -2.35. The maximum atomic E-state index is 14.2. The van der Waals surface area contributed by atoms with Gasteiger partial charge in [0.2, 0.25) is 0 Å². The van der Waals surface area contributed by atoms with E-state index in [1.54, 1.807) is 28.9 Å². The number of imidazole rings is 1. The van der Waals surface area contributed by atoms with E-state index >= 15 is 0 Å². The van der Waals surface area contributed by atoms with E-state index in [0.29, 0.717) is 37.4 Å². The summed E-state index contributed by atoms with van der Waals surface area (Å²) in [4.78, 5) is 18.4. The zero-order chi connectivity index (χ0) is 28.3. The van der Waals surface area contributed by atoms with E-state index in [1.807, 2.05) is 57.5 Å². The molecule has 3 heterocycles. The van der Waals surface area contributed by atoms with E-state index < -0.39 is 11.4 Å². The SMILES string of the molecule is Cc1c(CCOc2cc(F)ccc2-c2ccc3ncc(CCN(C)C(=O)OC(C)(C)C)n3c2)c(CO)nn1C. The number of carbonyl (C=O) groups excluding carboxylic acids is 1. The fourth-order valence-corrected chi connectivity index (χ4v) is 4.38. The van der Waals surface area contributed by atoms with Gasteiger partial charge in [-0.2, -0.15) is 5.10 Å². The van der Waals surface area contributed by atoms with Crippen LogP contribution in [0.1, 0.15) is 43.4 Å². The molecule has 0 saturated heterocycles. The van der Waals surface area contributed by atoms with Crippen LogP contribution in [0.5, 0.6) is 5.75 Å². The number of likely N-dealkylation sites (N-methyl/N-ethyl adjacent to an activating group) is 1. The number of aliphatic hydroxyl groups excluding tert-OH is 1.